The second-order valence-electron chi connectivity index (χ2n) is 4.64. The quantitative estimate of drug-likeness (QED) is 0.728. The lowest BCUT2D eigenvalue weighted by atomic mass is 10.1. The minimum Gasteiger partial charge on any atom is -0.262 e. The highest BCUT2D eigenvalue weighted by Crippen LogP contribution is 2.19. The fourth-order valence-corrected chi connectivity index (χ4v) is 2.71. The summed E-state index contributed by atoms with van der Waals surface area (Å²) in [5.74, 6) is 1.36. The van der Waals surface area contributed by atoms with Crippen molar-refractivity contribution in [1.82, 2.24) is 15.2 Å². The standard InChI is InChI=1S/C16H14FN3S/c17-14-8-6-13(7-9-14)11-21-16-18-15(19-20-16)10-12-4-2-1-3-5-12/h1-9H,10-11H2,(H,18,19,20). The van der Waals surface area contributed by atoms with E-state index >= 15 is 0 Å². The van der Waals surface area contributed by atoms with Crippen LogP contribution < -0.4 is 0 Å². The van der Waals surface area contributed by atoms with E-state index in [1.54, 1.807) is 12.1 Å². The maximum absolute atomic E-state index is 12.8. The predicted octanol–water partition coefficient (Wildman–Crippen LogP) is 3.83. The van der Waals surface area contributed by atoms with Gasteiger partial charge in [-0.2, -0.15) is 0 Å². The summed E-state index contributed by atoms with van der Waals surface area (Å²) in [6, 6.07) is 16.6. The third-order valence-corrected chi connectivity index (χ3v) is 3.93. The van der Waals surface area contributed by atoms with Crippen molar-refractivity contribution < 1.29 is 4.39 Å². The van der Waals surface area contributed by atoms with Crippen LogP contribution in [-0.4, -0.2) is 15.2 Å². The predicted molar refractivity (Wildman–Crippen MR) is 81.6 cm³/mol. The maximum atomic E-state index is 12.8. The Morgan fingerprint density at radius 3 is 2.48 bits per heavy atom. The lowest BCUT2D eigenvalue weighted by molar-refractivity contribution is 0.627. The average Bonchev–Trinajstić information content (AvgIpc) is 2.95. The van der Waals surface area contributed by atoms with Gasteiger partial charge in [-0.15, -0.1) is 5.10 Å². The molecule has 1 heterocycles. The lowest BCUT2D eigenvalue weighted by Crippen LogP contribution is -1.90. The van der Waals surface area contributed by atoms with Crippen molar-refractivity contribution in [2.75, 3.05) is 0 Å². The van der Waals surface area contributed by atoms with E-state index in [1.165, 1.54) is 29.5 Å². The fraction of sp³-hybridized carbons (Fsp3) is 0.125. The van der Waals surface area contributed by atoms with Crippen LogP contribution in [0, 0.1) is 5.82 Å². The van der Waals surface area contributed by atoms with Crippen molar-refractivity contribution >= 4 is 11.8 Å². The number of H-pyrrole nitrogens is 1. The van der Waals surface area contributed by atoms with Crippen molar-refractivity contribution in [2.24, 2.45) is 0 Å². The van der Waals surface area contributed by atoms with Gasteiger partial charge in [0.15, 0.2) is 0 Å². The normalized spacial score (nSPS) is 10.7. The molecule has 0 aliphatic carbocycles. The second-order valence-corrected chi connectivity index (χ2v) is 5.58. The van der Waals surface area contributed by atoms with Gasteiger partial charge in [-0.3, -0.25) is 5.10 Å². The van der Waals surface area contributed by atoms with Crippen molar-refractivity contribution in [3.63, 3.8) is 0 Å². The number of thioether (sulfide) groups is 1. The Morgan fingerprint density at radius 1 is 0.952 bits per heavy atom. The molecule has 3 rings (SSSR count). The van der Waals surface area contributed by atoms with Gasteiger partial charge in [-0.1, -0.05) is 54.2 Å². The molecule has 5 heteroatoms. The first-order chi connectivity index (χ1) is 10.3. The Bertz CT molecular complexity index is 695. The zero-order valence-electron chi connectivity index (χ0n) is 11.3. The molecule has 0 saturated heterocycles. The number of hydrogen-bond acceptors (Lipinski definition) is 3. The molecule has 0 fully saturated rings. The molecule has 1 N–H and O–H groups in total. The van der Waals surface area contributed by atoms with Gasteiger partial charge in [0, 0.05) is 12.2 Å². The molecule has 0 unspecified atom stereocenters. The van der Waals surface area contributed by atoms with Crippen LogP contribution >= 0.6 is 11.8 Å². The summed E-state index contributed by atoms with van der Waals surface area (Å²) in [7, 11) is 0. The Hall–Kier alpha value is -2.14. The van der Waals surface area contributed by atoms with E-state index in [9.17, 15) is 4.39 Å². The summed E-state index contributed by atoms with van der Waals surface area (Å²) < 4.78 is 12.8. The van der Waals surface area contributed by atoms with Gasteiger partial charge < -0.3 is 0 Å². The number of halogens is 1. The molecule has 2 aromatic carbocycles. The molecule has 0 spiro atoms. The summed E-state index contributed by atoms with van der Waals surface area (Å²) >= 11 is 1.53. The fourth-order valence-electron chi connectivity index (χ4n) is 1.94. The highest BCUT2D eigenvalue weighted by Gasteiger charge is 2.05. The summed E-state index contributed by atoms with van der Waals surface area (Å²) in [4.78, 5) is 4.46. The average molecular weight is 299 g/mol. The van der Waals surface area contributed by atoms with Crippen LogP contribution in [0.25, 0.3) is 0 Å². The number of aromatic amines is 1. The van der Waals surface area contributed by atoms with Crippen LogP contribution in [0.3, 0.4) is 0 Å². The Morgan fingerprint density at radius 2 is 1.71 bits per heavy atom. The third kappa shape index (κ3) is 3.92. The molecular weight excluding hydrogens is 285 g/mol. The Labute approximate surface area is 126 Å². The largest absolute Gasteiger partial charge is 0.262 e. The second kappa shape index (κ2) is 6.54. The van der Waals surface area contributed by atoms with Gasteiger partial charge in [-0.05, 0) is 23.3 Å². The number of hydrogen-bond donors (Lipinski definition) is 1. The number of nitrogens with zero attached hydrogens (tertiary/aromatic N) is 2. The molecule has 0 radical (unpaired) electrons. The SMILES string of the molecule is Fc1ccc(CSc2n[nH]c(Cc3ccccc3)n2)cc1. The molecule has 0 bridgehead atoms. The van der Waals surface area contributed by atoms with Crippen LogP contribution in [0.4, 0.5) is 4.39 Å². The Kier molecular flexibility index (Phi) is 4.31. The minimum absolute atomic E-state index is 0.216. The van der Waals surface area contributed by atoms with Crippen LogP contribution in [0.5, 0.6) is 0 Å². The molecule has 1 aromatic heterocycles. The molecule has 21 heavy (non-hydrogen) atoms. The number of benzene rings is 2. The van der Waals surface area contributed by atoms with Gasteiger partial charge in [0.1, 0.15) is 11.6 Å². The van der Waals surface area contributed by atoms with Crippen LogP contribution in [0.1, 0.15) is 17.0 Å². The maximum Gasteiger partial charge on any atom is 0.208 e. The number of aromatic nitrogens is 3. The zero-order valence-corrected chi connectivity index (χ0v) is 12.1. The third-order valence-electron chi connectivity index (χ3n) is 3.01. The monoisotopic (exact) mass is 299 g/mol. The summed E-state index contributed by atoms with van der Waals surface area (Å²) in [6.07, 6.45) is 0.741. The number of nitrogens with one attached hydrogen (secondary N) is 1. The first kappa shape index (κ1) is 13.8. The van der Waals surface area contributed by atoms with Crippen LogP contribution in [-0.2, 0) is 12.2 Å². The van der Waals surface area contributed by atoms with E-state index in [0.29, 0.717) is 5.16 Å². The molecule has 0 amide bonds. The van der Waals surface area contributed by atoms with E-state index in [1.807, 2.05) is 18.2 Å². The zero-order chi connectivity index (χ0) is 14.5. The smallest absolute Gasteiger partial charge is 0.208 e. The topological polar surface area (TPSA) is 41.6 Å². The first-order valence-corrected chi connectivity index (χ1v) is 7.60. The first-order valence-electron chi connectivity index (χ1n) is 6.62. The van der Waals surface area contributed by atoms with E-state index < -0.39 is 0 Å². The van der Waals surface area contributed by atoms with Gasteiger partial charge in [0.25, 0.3) is 0 Å². The molecule has 106 valence electrons. The van der Waals surface area contributed by atoms with Gasteiger partial charge in [0.2, 0.25) is 5.16 Å². The molecule has 3 aromatic rings. The van der Waals surface area contributed by atoms with E-state index in [4.69, 9.17) is 0 Å². The lowest BCUT2D eigenvalue weighted by Gasteiger charge is -1.98. The molecule has 3 nitrogen and oxygen atoms in total. The highest BCUT2D eigenvalue weighted by molar-refractivity contribution is 7.98. The summed E-state index contributed by atoms with van der Waals surface area (Å²) in [5, 5.41) is 7.87. The van der Waals surface area contributed by atoms with Crippen LogP contribution in [0.15, 0.2) is 59.8 Å². The molecular formula is C16H14FN3S. The van der Waals surface area contributed by atoms with Crippen molar-refractivity contribution in [3.8, 4) is 0 Å². The minimum atomic E-state index is -0.216. The van der Waals surface area contributed by atoms with Gasteiger partial charge in [0.05, 0.1) is 0 Å². The van der Waals surface area contributed by atoms with Gasteiger partial charge in [-0.25, -0.2) is 9.37 Å². The molecule has 0 saturated carbocycles. The van der Waals surface area contributed by atoms with E-state index in [2.05, 4.69) is 27.3 Å². The van der Waals surface area contributed by atoms with E-state index in [0.717, 1.165) is 23.6 Å². The molecule has 0 aliphatic heterocycles. The summed E-state index contributed by atoms with van der Waals surface area (Å²) in [5.41, 5.74) is 2.25. The Balaban J connectivity index is 1.59. The molecule has 0 aliphatic rings. The molecule has 0 atom stereocenters. The summed E-state index contributed by atoms with van der Waals surface area (Å²) in [6.45, 7) is 0. The van der Waals surface area contributed by atoms with Crippen molar-refractivity contribution in [2.45, 2.75) is 17.3 Å². The highest BCUT2D eigenvalue weighted by atomic mass is 32.2. The number of rotatable bonds is 5. The van der Waals surface area contributed by atoms with Crippen molar-refractivity contribution in [1.29, 1.82) is 0 Å². The van der Waals surface area contributed by atoms with Crippen LogP contribution in [0.2, 0.25) is 0 Å². The van der Waals surface area contributed by atoms with Gasteiger partial charge >= 0.3 is 0 Å². The van der Waals surface area contributed by atoms with E-state index in [-0.39, 0.29) is 5.82 Å². The van der Waals surface area contributed by atoms with Crippen molar-refractivity contribution in [3.05, 3.63) is 77.4 Å².